The number of para-hydroxylation sites is 1. The van der Waals surface area contributed by atoms with Crippen LogP contribution in [0.5, 0.6) is 5.75 Å². The number of alkyl carbamates (subject to hydrolysis) is 2. The van der Waals surface area contributed by atoms with Crippen molar-refractivity contribution in [2.45, 2.75) is 12.4 Å². The first-order valence-electron chi connectivity index (χ1n) is 10.9. The number of ether oxygens (including phenoxy) is 2. The van der Waals surface area contributed by atoms with Gasteiger partial charge in [0.2, 0.25) is 0 Å². The Hall–Kier alpha value is -2.09. The topological polar surface area (TPSA) is 146 Å². The number of halogens is 1. The summed E-state index contributed by atoms with van der Waals surface area (Å²) >= 11 is 12.1. The Bertz CT molecular complexity index is 1180. The minimum Gasteiger partial charge on any atom is -0.460 e. The maximum absolute atomic E-state index is 12.7. The molecule has 10 nitrogen and oxygen atoms in total. The monoisotopic (exact) mass is 635 g/mol. The van der Waals surface area contributed by atoms with E-state index in [1.807, 2.05) is 6.07 Å². The number of anilines is 1. The Morgan fingerprint density at radius 2 is 1.66 bits per heavy atom. The Morgan fingerprint density at radius 1 is 1.03 bits per heavy atom. The van der Waals surface area contributed by atoms with Crippen molar-refractivity contribution >= 4 is 89.0 Å². The summed E-state index contributed by atoms with van der Waals surface area (Å²) in [6, 6.07) is 15.5. The number of nitrogens with one attached hydrogen (secondary N) is 5. The molecule has 0 aliphatic heterocycles. The molecule has 0 saturated heterocycles. The van der Waals surface area contributed by atoms with Gasteiger partial charge in [-0.1, -0.05) is 36.7 Å². The number of amides is 2. The molecule has 0 fully saturated rings. The van der Waals surface area contributed by atoms with Crippen molar-refractivity contribution in [3.05, 3.63) is 59.6 Å². The van der Waals surface area contributed by atoms with Crippen molar-refractivity contribution < 1.29 is 23.6 Å². The zero-order valence-electron chi connectivity index (χ0n) is 20.6. The van der Waals surface area contributed by atoms with Crippen LogP contribution in [0, 0.1) is 10.8 Å². The SMILES string of the molecule is CCP(=S)(Oc1ccc(Cl)cc1)C(Nc1ccccc1)(OC(=O)NC)C(=N)SSSC(=N)COC(=O)NC. The normalized spacial score (nSPS) is 13.7. The van der Waals surface area contributed by atoms with E-state index in [2.05, 4.69) is 16.0 Å². The first kappa shape index (κ1) is 32.1. The zero-order valence-corrected chi connectivity index (χ0v) is 25.5. The molecular weight excluding hydrogens is 609 g/mol. The molecule has 0 aliphatic rings. The van der Waals surface area contributed by atoms with Crippen LogP contribution in [-0.2, 0) is 21.3 Å². The van der Waals surface area contributed by atoms with E-state index < -0.39 is 23.9 Å². The number of rotatable bonds is 12. The molecule has 0 radical (unpaired) electrons. The predicted molar refractivity (Wildman–Crippen MR) is 164 cm³/mol. The van der Waals surface area contributed by atoms with Gasteiger partial charge in [-0.2, -0.15) is 0 Å². The first-order chi connectivity index (χ1) is 18.1. The van der Waals surface area contributed by atoms with Gasteiger partial charge in [-0.25, -0.2) is 9.59 Å². The summed E-state index contributed by atoms with van der Waals surface area (Å²) in [6.45, 7) is 1.57. The van der Waals surface area contributed by atoms with E-state index in [0.717, 1.165) is 31.4 Å². The fourth-order valence-electron chi connectivity index (χ4n) is 2.73. The van der Waals surface area contributed by atoms with Crippen molar-refractivity contribution in [2.24, 2.45) is 0 Å². The van der Waals surface area contributed by atoms with Gasteiger partial charge in [0.05, 0.1) is 0 Å². The molecule has 0 heterocycles. The third kappa shape index (κ3) is 8.99. The van der Waals surface area contributed by atoms with Crippen LogP contribution in [0.15, 0.2) is 54.6 Å². The molecule has 2 aromatic carbocycles. The third-order valence-electron chi connectivity index (χ3n) is 4.59. The second kappa shape index (κ2) is 15.5. The fourth-order valence-corrected chi connectivity index (χ4v) is 9.78. The number of hydrogen-bond acceptors (Lipinski definition) is 12. The van der Waals surface area contributed by atoms with Gasteiger partial charge < -0.3 is 29.9 Å². The van der Waals surface area contributed by atoms with E-state index >= 15 is 0 Å². The molecule has 2 aromatic rings. The van der Waals surface area contributed by atoms with Crippen LogP contribution in [0.1, 0.15) is 6.92 Å². The standard InChI is InChI=1S/C22H27ClN5O5PS4/c1-4-34(35,33-17-12-10-15(23)11-13-17)22(32-21(30)27-3,28-16-8-6-5-7-9-16)19(25)37-38-36-18(24)14-31-20(29)26-2/h5-13,24-25,28H,4,14H2,1-3H3,(H,26,29)(H,27,30). The summed E-state index contributed by atoms with van der Waals surface area (Å²) in [7, 11) is 5.80. The van der Waals surface area contributed by atoms with E-state index in [-0.39, 0.29) is 22.9 Å². The Labute approximate surface area is 243 Å². The van der Waals surface area contributed by atoms with Gasteiger partial charge in [-0.3, -0.25) is 10.8 Å². The highest BCUT2D eigenvalue weighted by Crippen LogP contribution is 2.62. The van der Waals surface area contributed by atoms with Gasteiger partial charge in [-0.15, -0.1) is 0 Å². The number of carbonyl (C=O) groups excluding carboxylic acids is 2. The molecular formula is C22H27ClN5O5PS4. The van der Waals surface area contributed by atoms with Crippen molar-refractivity contribution in [3.63, 3.8) is 0 Å². The van der Waals surface area contributed by atoms with Gasteiger partial charge in [-0.05, 0) is 79.6 Å². The molecule has 5 N–H and O–H groups in total. The van der Waals surface area contributed by atoms with Gasteiger partial charge in [0, 0.05) is 31.0 Å². The maximum atomic E-state index is 12.7. The van der Waals surface area contributed by atoms with Crippen molar-refractivity contribution in [3.8, 4) is 5.75 Å². The molecule has 0 spiro atoms. The quantitative estimate of drug-likeness (QED) is 0.0569. The lowest BCUT2D eigenvalue weighted by Crippen LogP contribution is -2.51. The molecule has 16 heteroatoms. The molecule has 0 aliphatic carbocycles. The third-order valence-corrected chi connectivity index (χ3v) is 13.1. The van der Waals surface area contributed by atoms with Crippen LogP contribution in [-0.4, -0.2) is 54.6 Å². The Morgan fingerprint density at radius 3 is 2.24 bits per heavy atom. The zero-order chi connectivity index (χ0) is 28.2. The van der Waals surface area contributed by atoms with Crippen LogP contribution in [0.2, 0.25) is 5.02 Å². The van der Waals surface area contributed by atoms with E-state index in [9.17, 15) is 9.59 Å². The summed E-state index contributed by atoms with van der Waals surface area (Å²) in [6.07, 6.45) is -4.49. The average molecular weight is 636 g/mol. The lowest BCUT2D eigenvalue weighted by molar-refractivity contribution is 0.120. The van der Waals surface area contributed by atoms with E-state index in [0.29, 0.717) is 16.5 Å². The summed E-state index contributed by atoms with van der Waals surface area (Å²) < 4.78 is 17.1. The second-order valence-corrected chi connectivity index (χ2v) is 16.1. The highest BCUT2D eigenvalue weighted by molar-refractivity contribution is 9.14. The molecule has 2 unspecified atom stereocenters. The van der Waals surface area contributed by atoms with Crippen LogP contribution in [0.25, 0.3) is 0 Å². The smallest absolute Gasteiger partial charge is 0.409 e. The Balaban J connectivity index is 2.44. The van der Waals surface area contributed by atoms with Gasteiger partial charge in [0.25, 0.3) is 5.47 Å². The van der Waals surface area contributed by atoms with Crippen LogP contribution in [0.3, 0.4) is 0 Å². The number of carbonyl (C=O) groups is 2. The second-order valence-electron chi connectivity index (χ2n) is 7.12. The number of hydrogen-bond donors (Lipinski definition) is 5. The molecule has 2 amide bonds. The highest BCUT2D eigenvalue weighted by Gasteiger charge is 2.54. The molecule has 2 rings (SSSR count). The average Bonchev–Trinajstić information content (AvgIpc) is 2.92. The van der Waals surface area contributed by atoms with Crippen molar-refractivity contribution in [1.29, 1.82) is 10.8 Å². The van der Waals surface area contributed by atoms with Gasteiger partial charge in [0.15, 0.2) is 11.3 Å². The predicted octanol–water partition coefficient (Wildman–Crippen LogP) is 6.60. The summed E-state index contributed by atoms with van der Waals surface area (Å²) in [5.74, 6) is 0.410. The summed E-state index contributed by atoms with van der Waals surface area (Å²) in [5, 5.41) is 25.4. The molecule has 0 saturated carbocycles. The van der Waals surface area contributed by atoms with E-state index in [1.54, 1.807) is 55.5 Å². The minimum absolute atomic E-state index is 0.0417. The highest BCUT2D eigenvalue weighted by atomic mass is 35.5. The van der Waals surface area contributed by atoms with Crippen molar-refractivity contribution in [1.82, 2.24) is 10.6 Å². The number of benzene rings is 2. The lowest BCUT2D eigenvalue weighted by atomic mass is 10.3. The molecule has 38 heavy (non-hydrogen) atoms. The molecule has 2 atom stereocenters. The van der Waals surface area contributed by atoms with Gasteiger partial charge in [0.1, 0.15) is 17.4 Å². The van der Waals surface area contributed by atoms with Crippen molar-refractivity contribution in [2.75, 3.05) is 32.2 Å². The van der Waals surface area contributed by atoms with E-state index in [4.69, 9.17) is 48.2 Å². The minimum atomic E-state index is -3.26. The van der Waals surface area contributed by atoms with Crippen LogP contribution >= 0.6 is 49.3 Å². The lowest BCUT2D eigenvalue weighted by Gasteiger charge is -2.42. The van der Waals surface area contributed by atoms with Crippen LogP contribution < -0.4 is 20.5 Å². The summed E-state index contributed by atoms with van der Waals surface area (Å²) in [4.78, 5) is 23.9. The molecule has 0 bridgehead atoms. The fraction of sp³-hybridized carbons (Fsp3) is 0.273. The molecule has 0 aromatic heterocycles. The Kier molecular flexibility index (Phi) is 13.1. The van der Waals surface area contributed by atoms with Crippen LogP contribution in [0.4, 0.5) is 15.3 Å². The van der Waals surface area contributed by atoms with Gasteiger partial charge >= 0.3 is 12.2 Å². The maximum Gasteiger partial charge on any atom is 0.409 e. The summed E-state index contributed by atoms with van der Waals surface area (Å²) in [5.41, 5.74) is -1.33. The molecule has 206 valence electrons. The first-order valence-corrected chi connectivity index (χ1v) is 17.7. The van der Waals surface area contributed by atoms with E-state index in [1.165, 1.54) is 14.1 Å². The largest absolute Gasteiger partial charge is 0.460 e.